The van der Waals surface area contributed by atoms with Crippen molar-refractivity contribution in [1.29, 1.82) is 0 Å². The molecule has 2 atom stereocenters. The number of morpholine rings is 1. The number of ether oxygens (including phenoxy) is 1. The minimum atomic E-state index is -0.293. The Kier molecular flexibility index (Phi) is 5.96. The summed E-state index contributed by atoms with van der Waals surface area (Å²) in [5.41, 5.74) is 3.53. The average molecular weight is 316 g/mol. The van der Waals surface area contributed by atoms with Crippen LogP contribution in [0.1, 0.15) is 19.4 Å². The van der Waals surface area contributed by atoms with E-state index in [1.807, 2.05) is 0 Å². The normalized spacial score (nSPS) is 21.7. The van der Waals surface area contributed by atoms with Gasteiger partial charge in [0.05, 0.1) is 18.8 Å². The minimum Gasteiger partial charge on any atom is -0.374 e. The van der Waals surface area contributed by atoms with Crippen LogP contribution in [0.4, 0.5) is 4.39 Å². The van der Waals surface area contributed by atoms with Gasteiger partial charge in [0.15, 0.2) is 0 Å². The number of nitrogens with two attached hydrogens (primary N) is 1. The SMILES string of the molecule is CC(C)N1CCOC(C(Cc2cc(F)ccc2Cl)NN)C1. The van der Waals surface area contributed by atoms with E-state index in [4.69, 9.17) is 22.2 Å². The summed E-state index contributed by atoms with van der Waals surface area (Å²) in [5, 5.41) is 0.549. The van der Waals surface area contributed by atoms with E-state index in [0.29, 0.717) is 24.1 Å². The average Bonchev–Trinajstić information content (AvgIpc) is 2.48. The Morgan fingerprint density at radius 2 is 2.29 bits per heavy atom. The van der Waals surface area contributed by atoms with Gasteiger partial charge in [0, 0.05) is 24.2 Å². The lowest BCUT2D eigenvalue weighted by Crippen LogP contribution is -2.56. The van der Waals surface area contributed by atoms with Crippen LogP contribution in [0.2, 0.25) is 5.02 Å². The van der Waals surface area contributed by atoms with Gasteiger partial charge in [-0.3, -0.25) is 16.2 Å². The van der Waals surface area contributed by atoms with Crippen LogP contribution < -0.4 is 11.3 Å². The molecule has 1 aliphatic heterocycles. The standard InChI is InChI=1S/C15H23ClFN3O/c1-10(2)20-5-6-21-15(9-20)14(19-18)8-11-7-12(17)3-4-13(11)16/h3-4,7,10,14-15,19H,5-6,8-9,18H2,1-2H3. The molecule has 2 rings (SSSR count). The van der Waals surface area contributed by atoms with E-state index in [1.165, 1.54) is 12.1 Å². The fraction of sp³-hybridized carbons (Fsp3) is 0.600. The Hall–Kier alpha value is -0.720. The molecule has 0 radical (unpaired) electrons. The molecule has 21 heavy (non-hydrogen) atoms. The third-order valence-corrected chi connectivity index (χ3v) is 4.33. The molecule has 0 aliphatic carbocycles. The molecular weight excluding hydrogens is 293 g/mol. The largest absolute Gasteiger partial charge is 0.374 e. The van der Waals surface area contributed by atoms with Gasteiger partial charge in [0.25, 0.3) is 0 Å². The quantitative estimate of drug-likeness (QED) is 0.644. The van der Waals surface area contributed by atoms with Crippen LogP contribution in [-0.2, 0) is 11.2 Å². The van der Waals surface area contributed by atoms with E-state index in [1.54, 1.807) is 6.07 Å². The van der Waals surface area contributed by atoms with Crippen molar-refractivity contribution in [3.05, 3.63) is 34.6 Å². The number of nitrogens with zero attached hydrogens (tertiary/aromatic N) is 1. The first-order chi connectivity index (χ1) is 10.0. The number of rotatable bonds is 5. The Morgan fingerprint density at radius 3 is 2.95 bits per heavy atom. The summed E-state index contributed by atoms with van der Waals surface area (Å²) in [5.74, 6) is 5.38. The summed E-state index contributed by atoms with van der Waals surface area (Å²) in [6, 6.07) is 4.74. The molecule has 1 heterocycles. The second-order valence-corrected chi connectivity index (χ2v) is 6.12. The van der Waals surface area contributed by atoms with Crippen LogP contribution in [0.5, 0.6) is 0 Å². The van der Waals surface area contributed by atoms with E-state index in [2.05, 4.69) is 24.2 Å². The maximum Gasteiger partial charge on any atom is 0.123 e. The highest BCUT2D eigenvalue weighted by molar-refractivity contribution is 6.31. The summed E-state index contributed by atoms with van der Waals surface area (Å²) >= 11 is 6.13. The number of halogens is 2. The van der Waals surface area contributed by atoms with Crippen molar-refractivity contribution in [1.82, 2.24) is 10.3 Å². The molecule has 1 saturated heterocycles. The van der Waals surface area contributed by atoms with Crippen LogP contribution in [0.3, 0.4) is 0 Å². The molecule has 0 saturated carbocycles. The van der Waals surface area contributed by atoms with Gasteiger partial charge in [0.2, 0.25) is 0 Å². The van der Waals surface area contributed by atoms with Gasteiger partial charge in [-0.1, -0.05) is 11.6 Å². The van der Waals surface area contributed by atoms with Crippen molar-refractivity contribution in [2.24, 2.45) is 5.84 Å². The van der Waals surface area contributed by atoms with Crippen molar-refractivity contribution in [2.45, 2.75) is 38.5 Å². The minimum absolute atomic E-state index is 0.0366. The van der Waals surface area contributed by atoms with Crippen molar-refractivity contribution >= 4 is 11.6 Å². The van der Waals surface area contributed by atoms with Gasteiger partial charge in [-0.25, -0.2) is 4.39 Å². The number of hydrogen-bond donors (Lipinski definition) is 2. The van der Waals surface area contributed by atoms with Crippen LogP contribution >= 0.6 is 11.6 Å². The second-order valence-electron chi connectivity index (χ2n) is 5.71. The number of benzene rings is 1. The Labute approximate surface area is 130 Å². The third kappa shape index (κ3) is 4.37. The van der Waals surface area contributed by atoms with E-state index in [9.17, 15) is 4.39 Å². The first-order valence-corrected chi connectivity index (χ1v) is 7.64. The van der Waals surface area contributed by atoms with Gasteiger partial charge in [-0.2, -0.15) is 0 Å². The Balaban J connectivity index is 2.07. The molecule has 2 unspecified atom stereocenters. The van der Waals surface area contributed by atoms with Crippen LogP contribution in [0, 0.1) is 5.82 Å². The van der Waals surface area contributed by atoms with Crippen LogP contribution in [0.15, 0.2) is 18.2 Å². The fourth-order valence-corrected chi connectivity index (χ4v) is 2.84. The van der Waals surface area contributed by atoms with E-state index < -0.39 is 0 Å². The first-order valence-electron chi connectivity index (χ1n) is 7.27. The smallest absolute Gasteiger partial charge is 0.123 e. The molecule has 0 aromatic heterocycles. The van der Waals surface area contributed by atoms with Gasteiger partial charge < -0.3 is 4.74 Å². The number of hydrogen-bond acceptors (Lipinski definition) is 4. The maximum atomic E-state index is 13.4. The van der Waals surface area contributed by atoms with E-state index in [-0.39, 0.29) is 18.0 Å². The van der Waals surface area contributed by atoms with Crippen molar-refractivity contribution in [3.63, 3.8) is 0 Å². The van der Waals surface area contributed by atoms with Gasteiger partial charge in [-0.15, -0.1) is 0 Å². The van der Waals surface area contributed by atoms with Crippen LogP contribution in [0.25, 0.3) is 0 Å². The molecular formula is C15H23ClFN3O. The molecule has 3 N–H and O–H groups in total. The summed E-state index contributed by atoms with van der Waals surface area (Å²) in [4.78, 5) is 2.35. The predicted octanol–water partition coefficient (Wildman–Crippen LogP) is 1.96. The highest BCUT2D eigenvalue weighted by Crippen LogP contribution is 2.21. The Morgan fingerprint density at radius 1 is 1.52 bits per heavy atom. The lowest BCUT2D eigenvalue weighted by molar-refractivity contribution is -0.0552. The van der Waals surface area contributed by atoms with E-state index >= 15 is 0 Å². The molecule has 1 fully saturated rings. The van der Waals surface area contributed by atoms with Crippen molar-refractivity contribution in [3.8, 4) is 0 Å². The summed E-state index contributed by atoms with van der Waals surface area (Å²) in [7, 11) is 0. The molecule has 4 nitrogen and oxygen atoms in total. The molecule has 1 aliphatic rings. The molecule has 0 spiro atoms. The zero-order valence-corrected chi connectivity index (χ0v) is 13.2. The summed E-state index contributed by atoms with van der Waals surface area (Å²) < 4.78 is 19.2. The van der Waals surface area contributed by atoms with Gasteiger partial charge in [0.1, 0.15) is 5.82 Å². The van der Waals surface area contributed by atoms with Crippen molar-refractivity contribution in [2.75, 3.05) is 19.7 Å². The molecule has 1 aromatic rings. The lowest BCUT2D eigenvalue weighted by Gasteiger charge is -2.38. The zero-order valence-electron chi connectivity index (χ0n) is 12.5. The summed E-state index contributed by atoms with van der Waals surface area (Å²) in [6.45, 7) is 6.73. The molecule has 118 valence electrons. The molecule has 0 bridgehead atoms. The fourth-order valence-electron chi connectivity index (χ4n) is 2.64. The topological polar surface area (TPSA) is 50.5 Å². The van der Waals surface area contributed by atoms with Gasteiger partial charge >= 0.3 is 0 Å². The predicted molar refractivity (Wildman–Crippen MR) is 82.7 cm³/mol. The van der Waals surface area contributed by atoms with Gasteiger partial charge in [-0.05, 0) is 44.0 Å². The highest BCUT2D eigenvalue weighted by Gasteiger charge is 2.29. The monoisotopic (exact) mass is 315 g/mol. The molecule has 1 aromatic carbocycles. The first kappa shape index (κ1) is 16.6. The maximum absolute atomic E-state index is 13.4. The number of hydrazine groups is 1. The highest BCUT2D eigenvalue weighted by atomic mass is 35.5. The van der Waals surface area contributed by atoms with Crippen molar-refractivity contribution < 1.29 is 9.13 Å². The van der Waals surface area contributed by atoms with E-state index in [0.717, 1.165) is 18.7 Å². The Bertz CT molecular complexity index is 472. The zero-order chi connectivity index (χ0) is 15.4. The lowest BCUT2D eigenvalue weighted by atomic mass is 10.00. The third-order valence-electron chi connectivity index (χ3n) is 3.97. The molecule has 6 heteroatoms. The van der Waals surface area contributed by atoms with Crippen LogP contribution in [-0.4, -0.2) is 42.8 Å². The molecule has 0 amide bonds. The second kappa shape index (κ2) is 7.51. The summed E-state index contributed by atoms with van der Waals surface area (Å²) in [6.07, 6.45) is 0.495. The number of nitrogens with one attached hydrogen (secondary N) is 1.